The number of carbonyl (C=O) groups excluding carboxylic acids is 1. The number of aryl methyl sites for hydroxylation is 1. The standard InChI is InChI=1S/C18H23ClN4O/c1-13-11-20-17(21-13)14(2)18(24)23-9-7-22(8-10-23)12-15-3-5-16(19)6-4-15/h3-6,11,14H,7-10,12H2,1-2H3,(H,20,21). The van der Waals surface area contributed by atoms with Crippen LogP contribution in [-0.4, -0.2) is 51.9 Å². The summed E-state index contributed by atoms with van der Waals surface area (Å²) in [5.74, 6) is 0.679. The van der Waals surface area contributed by atoms with E-state index in [1.165, 1.54) is 5.56 Å². The molecule has 3 rings (SSSR count). The number of benzene rings is 1. The highest BCUT2D eigenvalue weighted by molar-refractivity contribution is 6.30. The molecular weight excluding hydrogens is 324 g/mol. The number of amides is 1. The highest BCUT2D eigenvalue weighted by Crippen LogP contribution is 2.17. The summed E-state index contributed by atoms with van der Waals surface area (Å²) in [6.07, 6.45) is 1.77. The quantitative estimate of drug-likeness (QED) is 0.926. The van der Waals surface area contributed by atoms with E-state index >= 15 is 0 Å². The minimum atomic E-state index is -0.221. The van der Waals surface area contributed by atoms with Crippen LogP contribution < -0.4 is 0 Å². The molecule has 1 amide bonds. The third-order valence-electron chi connectivity index (χ3n) is 4.51. The van der Waals surface area contributed by atoms with Crippen molar-refractivity contribution in [3.63, 3.8) is 0 Å². The van der Waals surface area contributed by atoms with E-state index < -0.39 is 0 Å². The van der Waals surface area contributed by atoms with Crippen molar-refractivity contribution >= 4 is 17.5 Å². The summed E-state index contributed by atoms with van der Waals surface area (Å²) in [6, 6.07) is 7.95. The normalized spacial score (nSPS) is 17.0. The van der Waals surface area contributed by atoms with E-state index in [1.54, 1.807) is 6.20 Å². The van der Waals surface area contributed by atoms with Crippen molar-refractivity contribution in [3.05, 3.63) is 52.6 Å². The zero-order valence-corrected chi connectivity index (χ0v) is 14.9. The summed E-state index contributed by atoms with van der Waals surface area (Å²) < 4.78 is 0. The first-order valence-electron chi connectivity index (χ1n) is 8.30. The molecule has 0 aliphatic carbocycles. The van der Waals surface area contributed by atoms with E-state index in [-0.39, 0.29) is 11.8 Å². The lowest BCUT2D eigenvalue weighted by molar-refractivity contribution is -0.134. The smallest absolute Gasteiger partial charge is 0.233 e. The van der Waals surface area contributed by atoms with Crippen LogP contribution in [0.1, 0.15) is 29.9 Å². The van der Waals surface area contributed by atoms with Gasteiger partial charge in [-0.1, -0.05) is 23.7 Å². The average Bonchev–Trinajstić information content (AvgIpc) is 3.03. The maximum absolute atomic E-state index is 12.6. The lowest BCUT2D eigenvalue weighted by Gasteiger charge is -2.35. The molecule has 1 fully saturated rings. The largest absolute Gasteiger partial charge is 0.345 e. The number of nitrogens with one attached hydrogen (secondary N) is 1. The number of hydrogen-bond acceptors (Lipinski definition) is 3. The molecule has 1 unspecified atom stereocenters. The molecule has 24 heavy (non-hydrogen) atoms. The summed E-state index contributed by atoms with van der Waals surface area (Å²) in [4.78, 5) is 24.4. The van der Waals surface area contributed by atoms with E-state index in [1.807, 2.05) is 30.9 Å². The fraction of sp³-hybridized carbons (Fsp3) is 0.444. The van der Waals surface area contributed by atoms with Gasteiger partial charge in [0.1, 0.15) is 5.82 Å². The Bertz CT molecular complexity index is 689. The van der Waals surface area contributed by atoms with Gasteiger partial charge in [-0.05, 0) is 31.5 Å². The highest BCUT2D eigenvalue weighted by atomic mass is 35.5. The molecular formula is C18H23ClN4O. The minimum Gasteiger partial charge on any atom is -0.345 e. The zero-order valence-electron chi connectivity index (χ0n) is 14.1. The number of H-pyrrole nitrogens is 1. The fourth-order valence-corrected chi connectivity index (χ4v) is 3.14. The number of aromatic nitrogens is 2. The zero-order chi connectivity index (χ0) is 17.1. The number of carbonyl (C=O) groups is 1. The van der Waals surface area contributed by atoms with Crippen LogP contribution in [0, 0.1) is 6.92 Å². The van der Waals surface area contributed by atoms with Gasteiger partial charge < -0.3 is 9.88 Å². The van der Waals surface area contributed by atoms with Crippen LogP contribution in [0.2, 0.25) is 5.02 Å². The second-order valence-corrected chi connectivity index (χ2v) is 6.84. The first kappa shape index (κ1) is 17.0. The second-order valence-electron chi connectivity index (χ2n) is 6.40. The third-order valence-corrected chi connectivity index (χ3v) is 4.76. The SMILES string of the molecule is Cc1cnc(C(C)C(=O)N2CCN(Cc3ccc(Cl)cc3)CC2)[nH]1. The van der Waals surface area contributed by atoms with Crippen LogP contribution in [-0.2, 0) is 11.3 Å². The van der Waals surface area contributed by atoms with Gasteiger partial charge in [0.05, 0.1) is 5.92 Å². The number of rotatable bonds is 4. The number of piperazine rings is 1. The molecule has 1 atom stereocenters. The second kappa shape index (κ2) is 7.36. The molecule has 0 radical (unpaired) electrons. The van der Waals surface area contributed by atoms with Gasteiger partial charge in [-0.15, -0.1) is 0 Å². The lowest BCUT2D eigenvalue weighted by Crippen LogP contribution is -2.49. The van der Waals surface area contributed by atoms with Gasteiger partial charge in [0, 0.05) is 49.6 Å². The molecule has 0 spiro atoms. The molecule has 1 aromatic carbocycles. The van der Waals surface area contributed by atoms with Gasteiger partial charge in [0.15, 0.2) is 0 Å². The highest BCUT2D eigenvalue weighted by Gasteiger charge is 2.27. The summed E-state index contributed by atoms with van der Waals surface area (Å²) >= 11 is 5.92. The predicted octanol–water partition coefficient (Wildman–Crippen LogP) is 2.82. The summed E-state index contributed by atoms with van der Waals surface area (Å²) in [6.45, 7) is 8.06. The van der Waals surface area contributed by atoms with Crippen LogP contribution >= 0.6 is 11.6 Å². The Labute approximate surface area is 147 Å². The van der Waals surface area contributed by atoms with Gasteiger partial charge in [0.25, 0.3) is 0 Å². The third kappa shape index (κ3) is 3.97. The maximum Gasteiger partial charge on any atom is 0.233 e. The van der Waals surface area contributed by atoms with Gasteiger partial charge in [0.2, 0.25) is 5.91 Å². The topological polar surface area (TPSA) is 52.2 Å². The lowest BCUT2D eigenvalue weighted by atomic mass is 10.1. The Morgan fingerprint density at radius 3 is 2.50 bits per heavy atom. The van der Waals surface area contributed by atoms with Crippen LogP contribution in [0.25, 0.3) is 0 Å². The molecule has 0 bridgehead atoms. The molecule has 1 aliphatic heterocycles. The van der Waals surface area contributed by atoms with E-state index in [2.05, 4.69) is 27.0 Å². The number of imidazole rings is 1. The molecule has 5 nitrogen and oxygen atoms in total. The van der Waals surface area contributed by atoms with Crippen LogP contribution in [0.15, 0.2) is 30.5 Å². The van der Waals surface area contributed by atoms with Gasteiger partial charge in [-0.25, -0.2) is 4.98 Å². The van der Waals surface area contributed by atoms with Crippen molar-refractivity contribution in [2.24, 2.45) is 0 Å². The minimum absolute atomic E-state index is 0.149. The van der Waals surface area contributed by atoms with Gasteiger partial charge in [-0.2, -0.15) is 0 Å². The fourth-order valence-electron chi connectivity index (χ4n) is 3.02. The van der Waals surface area contributed by atoms with Gasteiger partial charge in [-0.3, -0.25) is 9.69 Å². The van der Waals surface area contributed by atoms with Crippen molar-refractivity contribution < 1.29 is 4.79 Å². The van der Waals surface area contributed by atoms with E-state index in [0.29, 0.717) is 0 Å². The van der Waals surface area contributed by atoms with Gasteiger partial charge >= 0.3 is 0 Å². The number of halogens is 1. The molecule has 1 aromatic heterocycles. The van der Waals surface area contributed by atoms with Crippen molar-refractivity contribution in [2.45, 2.75) is 26.3 Å². The molecule has 1 N–H and O–H groups in total. The maximum atomic E-state index is 12.6. The average molecular weight is 347 g/mol. The summed E-state index contributed by atoms with van der Waals surface area (Å²) in [5.41, 5.74) is 2.23. The first-order valence-corrected chi connectivity index (χ1v) is 8.68. The monoisotopic (exact) mass is 346 g/mol. The molecule has 2 heterocycles. The molecule has 6 heteroatoms. The first-order chi connectivity index (χ1) is 11.5. The Morgan fingerprint density at radius 1 is 1.25 bits per heavy atom. The molecule has 1 saturated heterocycles. The molecule has 0 saturated carbocycles. The van der Waals surface area contributed by atoms with Crippen molar-refractivity contribution in [2.75, 3.05) is 26.2 Å². The van der Waals surface area contributed by atoms with E-state index in [9.17, 15) is 4.79 Å². The number of nitrogens with zero attached hydrogens (tertiary/aromatic N) is 3. The Hall–Kier alpha value is -1.85. The van der Waals surface area contributed by atoms with E-state index in [4.69, 9.17) is 11.6 Å². The number of aromatic amines is 1. The van der Waals surface area contributed by atoms with Crippen molar-refractivity contribution in [1.82, 2.24) is 19.8 Å². The van der Waals surface area contributed by atoms with Crippen molar-refractivity contribution in [3.8, 4) is 0 Å². The van der Waals surface area contributed by atoms with Crippen molar-refractivity contribution in [1.29, 1.82) is 0 Å². The Kier molecular flexibility index (Phi) is 5.21. The Balaban J connectivity index is 1.52. The number of hydrogen-bond donors (Lipinski definition) is 1. The summed E-state index contributed by atoms with van der Waals surface area (Å²) in [7, 11) is 0. The molecule has 1 aliphatic rings. The van der Waals surface area contributed by atoms with Crippen LogP contribution in [0.4, 0.5) is 0 Å². The predicted molar refractivity (Wildman–Crippen MR) is 95.0 cm³/mol. The summed E-state index contributed by atoms with van der Waals surface area (Å²) in [5, 5.41) is 0.760. The van der Waals surface area contributed by atoms with Crippen LogP contribution in [0.3, 0.4) is 0 Å². The van der Waals surface area contributed by atoms with Crippen LogP contribution in [0.5, 0.6) is 0 Å². The molecule has 2 aromatic rings. The Morgan fingerprint density at radius 2 is 1.92 bits per heavy atom. The van der Waals surface area contributed by atoms with E-state index in [0.717, 1.165) is 49.3 Å². The molecule has 128 valence electrons.